The molecule has 0 saturated carbocycles. The van der Waals surface area contributed by atoms with Gasteiger partial charge in [0.2, 0.25) is 44.2 Å². The van der Waals surface area contributed by atoms with E-state index in [0.717, 1.165) is 105 Å². The number of nitrogens with two attached hydrogens (primary N) is 2. The van der Waals surface area contributed by atoms with Gasteiger partial charge in [0.05, 0.1) is 23.7 Å². The molecule has 4 amide bonds. The minimum absolute atomic E-state index is 0.0738. The molecule has 8 N–H and O–H groups in total. The minimum Gasteiger partial charge on any atom is -0.329 e. The third kappa shape index (κ3) is 17.1. The second-order valence-corrected chi connectivity index (χ2v) is 23.4. The van der Waals surface area contributed by atoms with Gasteiger partial charge in [-0.2, -0.15) is 11.8 Å². The van der Waals surface area contributed by atoms with E-state index < -0.39 is 11.8 Å². The van der Waals surface area contributed by atoms with Crippen molar-refractivity contribution >= 4 is 101 Å². The van der Waals surface area contributed by atoms with Crippen molar-refractivity contribution in [3.05, 3.63) is 164 Å². The van der Waals surface area contributed by atoms with Crippen LogP contribution in [-0.4, -0.2) is 89.0 Å². The van der Waals surface area contributed by atoms with Crippen molar-refractivity contribution in [1.29, 1.82) is 0 Å². The molecule has 8 aromatic rings. The average Bonchev–Trinajstić information content (AvgIpc) is 4.30. The Kier molecular flexibility index (Phi) is 21.8. The molecule has 23 heteroatoms. The molecule has 0 radical (unpaired) electrons. The van der Waals surface area contributed by atoms with Crippen molar-refractivity contribution in [1.82, 2.24) is 40.8 Å². The number of carbonyl (C=O) groups excluding carboxylic acids is 4. The van der Waals surface area contributed by atoms with Gasteiger partial charge in [-0.15, -0.1) is 40.8 Å². The number of amides is 4. The van der Waals surface area contributed by atoms with Crippen LogP contribution in [0.4, 0.5) is 20.5 Å². The lowest BCUT2D eigenvalue weighted by molar-refractivity contribution is -0.118. The van der Waals surface area contributed by atoms with Crippen LogP contribution >= 0.6 is 57.1 Å². The number of aryl methyl sites for hydroxylation is 4. The lowest BCUT2D eigenvalue weighted by atomic mass is 9.89. The number of benzene rings is 4. The van der Waals surface area contributed by atoms with Crippen LogP contribution in [-0.2, 0) is 44.9 Å². The van der Waals surface area contributed by atoms with E-state index in [9.17, 15) is 19.2 Å². The van der Waals surface area contributed by atoms with Gasteiger partial charge in [-0.05, 0) is 59.4 Å². The summed E-state index contributed by atoms with van der Waals surface area (Å²) in [6, 6.07) is 38.6. The molecule has 400 valence electrons. The molecule has 1 aliphatic rings. The highest BCUT2D eigenvalue weighted by atomic mass is 32.2. The number of carbonyl (C=O) groups is 4. The molecule has 4 aromatic carbocycles. The molecular weight excluding hydrogens is 1070 g/mol. The first-order chi connectivity index (χ1) is 37.7. The van der Waals surface area contributed by atoms with E-state index in [1.165, 1.54) is 45.3 Å². The summed E-state index contributed by atoms with van der Waals surface area (Å²) in [5.74, 6) is -0.297. The number of anilines is 4. The van der Waals surface area contributed by atoms with Crippen LogP contribution in [0, 0.1) is 0 Å². The Morgan fingerprint density at radius 1 is 0.519 bits per heavy atom. The standard InChI is InChI=1S/C28H30N6O2S2.C26H30N8O2S3/c35-25-21(19-11-3-1-4-12-19)15-7-8-16-22(20-13-5-2-6-14-20)26(36)30-28-34-32-24(38-28)18-10-9-17-23-31-33-27(29-25)37-23;27-15-19(17-7-3-1-4-8-17)23(35)29-25-33-31-21(38-25)11-13-37-14-12-22-32-34-26(39-22)30-24(36)20(16-28)18-9-5-2-6-10-18/h1-6,11-14,21-22H,7-10,15-18H2,(H,29,33,35)(H,30,34,36);1-10,19-20H,11-16,27-28H2,(H,29,33,35)(H,30,34,36). The van der Waals surface area contributed by atoms with E-state index in [1.807, 2.05) is 121 Å². The van der Waals surface area contributed by atoms with Gasteiger partial charge in [0.15, 0.2) is 0 Å². The quantitative estimate of drug-likeness (QED) is 0.0492. The number of rotatable bonds is 16. The van der Waals surface area contributed by atoms with Crippen molar-refractivity contribution in [2.75, 3.05) is 45.9 Å². The van der Waals surface area contributed by atoms with Crippen LogP contribution in [0.2, 0.25) is 0 Å². The SMILES string of the molecule is NCC(C(=O)Nc1nnc(CCSCCc2nnc(NC(=O)C(CN)c3ccccc3)s2)s1)c1ccccc1.O=C1Nc2nnc(s2)CCCCc2nnc(s2)NC(=O)C(c2ccccc2)CCCCC1c1ccccc1. The van der Waals surface area contributed by atoms with Gasteiger partial charge >= 0.3 is 0 Å². The van der Waals surface area contributed by atoms with E-state index in [0.29, 0.717) is 33.4 Å². The molecule has 0 saturated heterocycles. The Bertz CT molecular complexity index is 2880. The number of fused-ring (bicyclic) bond motifs is 4. The molecule has 0 aliphatic carbocycles. The number of hydrogen-bond acceptors (Lipinski definition) is 19. The van der Waals surface area contributed by atoms with Gasteiger partial charge in [-0.1, -0.05) is 180 Å². The second kappa shape index (κ2) is 29.7. The van der Waals surface area contributed by atoms with Crippen molar-refractivity contribution < 1.29 is 19.2 Å². The van der Waals surface area contributed by atoms with Crippen molar-refractivity contribution in [2.45, 2.75) is 87.9 Å². The van der Waals surface area contributed by atoms with Gasteiger partial charge in [0.25, 0.3) is 0 Å². The van der Waals surface area contributed by atoms with Gasteiger partial charge in [0, 0.05) is 38.8 Å². The number of hydrogen-bond donors (Lipinski definition) is 6. The first-order valence-corrected chi connectivity index (χ1v) is 29.9. The minimum atomic E-state index is -0.436. The summed E-state index contributed by atoms with van der Waals surface area (Å²) in [4.78, 5) is 52.0. The Labute approximate surface area is 467 Å². The summed E-state index contributed by atoms with van der Waals surface area (Å²) >= 11 is 7.39. The number of nitrogens with one attached hydrogen (secondary N) is 4. The number of nitrogens with zero attached hydrogens (tertiary/aromatic N) is 8. The molecule has 9 rings (SSSR count). The van der Waals surface area contributed by atoms with Crippen molar-refractivity contribution in [3.63, 3.8) is 0 Å². The van der Waals surface area contributed by atoms with Crippen LogP contribution in [0.15, 0.2) is 121 Å². The Balaban J connectivity index is 0.000000204. The van der Waals surface area contributed by atoms with Crippen molar-refractivity contribution in [3.8, 4) is 0 Å². The molecular formula is C54H60N14O4S5. The molecule has 0 fully saturated rings. The van der Waals surface area contributed by atoms with Crippen LogP contribution in [0.5, 0.6) is 0 Å². The van der Waals surface area contributed by atoms with Gasteiger partial charge in [0.1, 0.15) is 20.0 Å². The normalized spacial score (nSPS) is 16.1. The highest BCUT2D eigenvalue weighted by Gasteiger charge is 2.26. The Morgan fingerprint density at radius 3 is 1.30 bits per heavy atom. The third-order valence-corrected chi connectivity index (χ3v) is 17.1. The molecule has 4 atom stereocenters. The number of aromatic nitrogens is 8. The highest BCUT2D eigenvalue weighted by Crippen LogP contribution is 2.31. The summed E-state index contributed by atoms with van der Waals surface area (Å²) < 4.78 is 0. The van der Waals surface area contributed by atoms with Crippen LogP contribution in [0.25, 0.3) is 0 Å². The van der Waals surface area contributed by atoms with Crippen LogP contribution < -0.4 is 32.7 Å². The third-order valence-electron chi connectivity index (χ3n) is 12.5. The van der Waals surface area contributed by atoms with E-state index in [1.54, 1.807) is 11.8 Å². The Morgan fingerprint density at radius 2 is 0.909 bits per heavy atom. The molecule has 5 heterocycles. The predicted octanol–water partition coefficient (Wildman–Crippen LogP) is 9.24. The fraction of sp³-hybridized carbons (Fsp3) is 0.333. The topological polar surface area (TPSA) is 272 Å². The maximum Gasteiger partial charge on any atom is 0.235 e. The van der Waals surface area contributed by atoms with Crippen LogP contribution in [0.1, 0.15) is 104 Å². The lowest BCUT2D eigenvalue weighted by Crippen LogP contribution is -2.27. The van der Waals surface area contributed by atoms with E-state index >= 15 is 0 Å². The fourth-order valence-electron chi connectivity index (χ4n) is 8.49. The second-order valence-electron chi connectivity index (χ2n) is 17.9. The predicted molar refractivity (Wildman–Crippen MR) is 309 cm³/mol. The van der Waals surface area contributed by atoms with E-state index in [4.69, 9.17) is 11.5 Å². The molecule has 4 aromatic heterocycles. The Hall–Kier alpha value is -6.73. The molecule has 4 bridgehead atoms. The zero-order valence-corrected chi connectivity index (χ0v) is 46.2. The van der Waals surface area contributed by atoms with E-state index in [2.05, 4.69) is 62.1 Å². The summed E-state index contributed by atoms with van der Waals surface area (Å²) in [5.41, 5.74) is 15.4. The van der Waals surface area contributed by atoms with Crippen molar-refractivity contribution in [2.24, 2.45) is 11.5 Å². The maximum atomic E-state index is 13.3. The maximum absolute atomic E-state index is 13.3. The lowest BCUT2D eigenvalue weighted by Gasteiger charge is -2.19. The number of thioether (sulfide) groups is 1. The fourth-order valence-corrected chi connectivity index (χ4v) is 12.7. The summed E-state index contributed by atoms with van der Waals surface area (Å²) in [5, 5.41) is 50.8. The van der Waals surface area contributed by atoms with Gasteiger partial charge in [-0.25, -0.2) is 0 Å². The summed E-state index contributed by atoms with van der Waals surface area (Å²) in [7, 11) is 0. The first kappa shape index (κ1) is 56.5. The first-order valence-electron chi connectivity index (χ1n) is 25.4. The smallest absolute Gasteiger partial charge is 0.235 e. The molecule has 4 unspecified atom stereocenters. The average molecular weight is 1130 g/mol. The monoisotopic (exact) mass is 1130 g/mol. The van der Waals surface area contributed by atoms with Gasteiger partial charge in [-0.3, -0.25) is 40.4 Å². The zero-order valence-electron chi connectivity index (χ0n) is 42.2. The highest BCUT2D eigenvalue weighted by molar-refractivity contribution is 7.99. The molecule has 18 nitrogen and oxygen atoms in total. The summed E-state index contributed by atoms with van der Waals surface area (Å²) in [6.07, 6.45) is 7.85. The zero-order chi connectivity index (χ0) is 53.6. The van der Waals surface area contributed by atoms with Gasteiger partial charge < -0.3 is 11.5 Å². The summed E-state index contributed by atoms with van der Waals surface area (Å²) in [6.45, 7) is 0.422. The van der Waals surface area contributed by atoms with Crippen LogP contribution in [0.3, 0.4) is 0 Å². The molecule has 77 heavy (non-hydrogen) atoms. The molecule has 1 aliphatic heterocycles. The van der Waals surface area contributed by atoms with E-state index in [-0.39, 0.29) is 48.6 Å². The largest absolute Gasteiger partial charge is 0.329 e. The molecule has 0 spiro atoms.